The monoisotopic (exact) mass is 301 g/mol. The number of rotatable bonds is 6. The van der Waals surface area contributed by atoms with Gasteiger partial charge in [0.15, 0.2) is 0 Å². The highest BCUT2D eigenvalue weighted by Gasteiger charge is 2.16. The molecule has 0 amide bonds. The van der Waals surface area contributed by atoms with Gasteiger partial charge in [-0.1, -0.05) is 0 Å². The van der Waals surface area contributed by atoms with E-state index in [2.05, 4.69) is 8.27 Å². The molecule has 0 fully saturated rings. The molecule has 0 heterocycles. The molecule has 0 aromatic carbocycles. The normalized spacial score (nSPS) is 13.0. The largest absolute Gasteiger partial charge is 0.468 e. The van der Waals surface area contributed by atoms with Gasteiger partial charge in [-0.3, -0.25) is 4.79 Å². The molecule has 13 heavy (non-hydrogen) atoms. The number of carbonyl (C=O) groups is 1. The van der Waals surface area contributed by atoms with Crippen molar-refractivity contribution >= 4 is 28.8 Å². The number of hydrogen-bond acceptors (Lipinski definition) is 4. The molecule has 0 aromatic heterocycles. The van der Waals surface area contributed by atoms with Crippen LogP contribution in [0.4, 0.5) is 0 Å². The lowest BCUT2D eigenvalue weighted by atomic mass is 10.2. The maximum Gasteiger partial charge on any atom is 0.323 e. The molecular weight excluding hydrogens is 285 g/mol. The average Bonchev–Trinajstić information content (AvgIpc) is 2.11. The second-order valence-electron chi connectivity index (χ2n) is 2.89. The second kappa shape index (κ2) is 7.52. The first-order valence-corrected chi connectivity index (χ1v) is 5.25. The zero-order chi connectivity index (χ0) is 10.3. The molecule has 5 heteroatoms. The molecule has 0 rings (SSSR count). The topological polar surface area (TPSA) is 47.6 Å². The molecule has 78 valence electrons. The lowest BCUT2D eigenvalue weighted by Gasteiger charge is -2.13. The number of hydrogen-bond donors (Lipinski definition) is 1. The summed E-state index contributed by atoms with van der Waals surface area (Å²) < 4.78 is 12.8. The van der Waals surface area contributed by atoms with Crippen molar-refractivity contribution in [1.29, 1.82) is 0 Å². The summed E-state index contributed by atoms with van der Waals surface area (Å²) in [5.41, 5.74) is 0. The molecule has 0 saturated heterocycles. The van der Waals surface area contributed by atoms with Gasteiger partial charge in [0, 0.05) is 29.5 Å². The Morgan fingerprint density at radius 2 is 2.15 bits per heavy atom. The Balaban J connectivity index is 3.66. The van der Waals surface area contributed by atoms with Gasteiger partial charge in [0.25, 0.3) is 0 Å². The van der Waals surface area contributed by atoms with E-state index in [1.807, 2.05) is 36.7 Å². The predicted molar refractivity (Wildman–Crippen MR) is 58.7 cm³/mol. The molecule has 0 bridgehead atoms. The maximum atomic E-state index is 11.1. The van der Waals surface area contributed by atoms with Gasteiger partial charge in [-0.25, -0.2) is 3.53 Å². The summed E-state index contributed by atoms with van der Waals surface area (Å²) in [6.07, 6.45) is 0.834. The highest BCUT2D eigenvalue weighted by molar-refractivity contribution is 14.1. The number of ether oxygens (including phenoxy) is 2. The fourth-order valence-electron chi connectivity index (χ4n) is 0.781. The molecule has 0 aliphatic carbocycles. The van der Waals surface area contributed by atoms with Crippen LogP contribution in [0, 0.1) is 0 Å². The van der Waals surface area contributed by atoms with E-state index in [1.165, 1.54) is 7.11 Å². The third kappa shape index (κ3) is 6.23. The minimum absolute atomic E-state index is 0.201. The number of carbonyl (C=O) groups excluding carboxylic acids is 1. The summed E-state index contributed by atoms with van der Waals surface area (Å²) in [5.74, 6) is -0.248. The zero-order valence-electron chi connectivity index (χ0n) is 8.17. The van der Waals surface area contributed by atoms with E-state index in [0.717, 1.165) is 0 Å². The van der Waals surface area contributed by atoms with Gasteiger partial charge in [-0.15, -0.1) is 0 Å². The van der Waals surface area contributed by atoms with Gasteiger partial charge < -0.3 is 9.47 Å². The lowest BCUT2D eigenvalue weighted by Crippen LogP contribution is -2.33. The number of methoxy groups -OCH3 is 1. The maximum absolute atomic E-state index is 11.1. The molecule has 0 aliphatic rings. The fraction of sp³-hybridized carbons (Fsp3) is 0.875. The fourth-order valence-corrected chi connectivity index (χ4v) is 1.35. The van der Waals surface area contributed by atoms with Gasteiger partial charge in [0.1, 0.15) is 6.04 Å². The van der Waals surface area contributed by atoms with Crippen molar-refractivity contribution in [3.8, 4) is 0 Å². The van der Waals surface area contributed by atoms with Crippen LogP contribution in [-0.2, 0) is 14.3 Å². The lowest BCUT2D eigenvalue weighted by molar-refractivity contribution is -0.143. The minimum Gasteiger partial charge on any atom is -0.468 e. The summed E-state index contributed by atoms with van der Waals surface area (Å²) in [7, 11) is 1.38. The molecule has 0 radical (unpaired) electrons. The average molecular weight is 301 g/mol. The summed E-state index contributed by atoms with van der Waals surface area (Å²) >= 11 is 1.94. The molecular formula is C8H16INO3. The number of halogens is 1. The van der Waals surface area contributed by atoms with Crippen LogP contribution < -0.4 is 3.53 Å². The smallest absolute Gasteiger partial charge is 0.323 e. The van der Waals surface area contributed by atoms with E-state index >= 15 is 0 Å². The minimum atomic E-state index is -0.274. The second-order valence-corrected chi connectivity index (χ2v) is 3.52. The van der Waals surface area contributed by atoms with Crippen LogP contribution in [0.1, 0.15) is 20.3 Å². The molecule has 0 unspecified atom stereocenters. The Morgan fingerprint density at radius 3 is 2.54 bits per heavy atom. The molecule has 0 saturated carbocycles. The standard InChI is InChI=1S/C8H16INO3/c1-6(2)13-5-4-7(10-9)8(11)12-3/h6-7,10H,4-5H2,1-3H3/t7-/m0/s1. The number of esters is 1. The highest BCUT2D eigenvalue weighted by Crippen LogP contribution is 1.99. The summed E-state index contributed by atoms with van der Waals surface area (Å²) in [6, 6.07) is -0.274. The van der Waals surface area contributed by atoms with Crippen LogP contribution in [0.2, 0.25) is 0 Å². The van der Waals surface area contributed by atoms with Crippen molar-refractivity contribution < 1.29 is 14.3 Å². The van der Waals surface area contributed by atoms with Crippen molar-refractivity contribution in [3.05, 3.63) is 0 Å². The van der Waals surface area contributed by atoms with Crippen molar-refractivity contribution in [2.75, 3.05) is 13.7 Å². The molecule has 0 aromatic rings. The Kier molecular flexibility index (Phi) is 7.59. The third-order valence-electron chi connectivity index (χ3n) is 1.48. The Morgan fingerprint density at radius 1 is 1.54 bits per heavy atom. The van der Waals surface area contributed by atoms with Gasteiger partial charge in [0.05, 0.1) is 13.2 Å². The third-order valence-corrected chi connectivity index (χ3v) is 2.23. The van der Waals surface area contributed by atoms with Crippen LogP contribution in [0.25, 0.3) is 0 Å². The van der Waals surface area contributed by atoms with E-state index in [0.29, 0.717) is 13.0 Å². The first-order chi connectivity index (χ1) is 6.11. The summed E-state index contributed by atoms with van der Waals surface area (Å²) in [5, 5.41) is 0. The van der Waals surface area contributed by atoms with Crippen LogP contribution >= 0.6 is 22.9 Å². The highest BCUT2D eigenvalue weighted by atomic mass is 127. The van der Waals surface area contributed by atoms with Gasteiger partial charge in [-0.05, 0) is 20.3 Å². The summed E-state index contributed by atoms with van der Waals surface area (Å²) in [4.78, 5) is 11.1. The summed E-state index contributed by atoms with van der Waals surface area (Å²) in [6.45, 7) is 4.49. The van der Waals surface area contributed by atoms with E-state index in [4.69, 9.17) is 4.74 Å². The van der Waals surface area contributed by atoms with E-state index in [9.17, 15) is 4.79 Å². The molecule has 4 nitrogen and oxygen atoms in total. The van der Waals surface area contributed by atoms with Crippen molar-refractivity contribution in [1.82, 2.24) is 3.53 Å². The molecule has 0 spiro atoms. The quantitative estimate of drug-likeness (QED) is 0.456. The van der Waals surface area contributed by atoms with Crippen LogP contribution in [0.15, 0.2) is 0 Å². The number of nitrogens with one attached hydrogen (secondary N) is 1. The first kappa shape index (κ1) is 13.1. The van der Waals surface area contributed by atoms with Gasteiger partial charge in [0.2, 0.25) is 0 Å². The van der Waals surface area contributed by atoms with Crippen molar-refractivity contribution in [3.63, 3.8) is 0 Å². The van der Waals surface area contributed by atoms with Crippen LogP contribution in [0.5, 0.6) is 0 Å². The van der Waals surface area contributed by atoms with E-state index in [1.54, 1.807) is 0 Å². The van der Waals surface area contributed by atoms with Crippen LogP contribution in [-0.4, -0.2) is 31.8 Å². The Bertz CT molecular complexity index is 152. The van der Waals surface area contributed by atoms with Crippen LogP contribution in [0.3, 0.4) is 0 Å². The van der Waals surface area contributed by atoms with Crippen molar-refractivity contribution in [2.24, 2.45) is 0 Å². The first-order valence-electron chi connectivity index (χ1n) is 4.17. The SMILES string of the molecule is COC(=O)[C@H](CCOC(C)C)NI. The van der Waals surface area contributed by atoms with E-state index in [-0.39, 0.29) is 18.1 Å². The molecule has 1 N–H and O–H groups in total. The zero-order valence-corrected chi connectivity index (χ0v) is 10.3. The Hall–Kier alpha value is 0.120. The van der Waals surface area contributed by atoms with E-state index < -0.39 is 0 Å². The molecule has 1 atom stereocenters. The van der Waals surface area contributed by atoms with Gasteiger partial charge in [-0.2, -0.15) is 0 Å². The Labute approximate surface area is 92.9 Å². The van der Waals surface area contributed by atoms with Gasteiger partial charge >= 0.3 is 5.97 Å². The predicted octanol–water partition coefficient (Wildman–Crippen LogP) is 1.28. The van der Waals surface area contributed by atoms with Crippen molar-refractivity contribution in [2.45, 2.75) is 32.4 Å². The molecule has 0 aliphatic heterocycles.